The Balaban J connectivity index is 1.76. The molecule has 4 nitrogen and oxygen atoms in total. The molecule has 4 heteroatoms. The van der Waals surface area contributed by atoms with Crippen molar-refractivity contribution in [2.24, 2.45) is 0 Å². The standard InChI is InChI=1S/C16H14N4/c1-11-2-5-16-14(6-11)9-18-20(16)10-12-3-4-13-8-17-19-15(13)7-12/h2-9H,10H2,1H3,(H,17,19). The Kier molecular flexibility index (Phi) is 2.36. The van der Waals surface area contributed by atoms with E-state index in [9.17, 15) is 0 Å². The van der Waals surface area contributed by atoms with E-state index < -0.39 is 0 Å². The summed E-state index contributed by atoms with van der Waals surface area (Å²) in [6.45, 7) is 2.87. The third-order valence-electron chi connectivity index (χ3n) is 3.64. The monoisotopic (exact) mass is 262 g/mol. The third kappa shape index (κ3) is 1.77. The van der Waals surface area contributed by atoms with E-state index in [-0.39, 0.29) is 0 Å². The SMILES string of the molecule is Cc1ccc2c(cnn2Cc2ccc3cn[nH]c3c2)c1. The summed E-state index contributed by atoms with van der Waals surface area (Å²) >= 11 is 0. The number of nitrogens with one attached hydrogen (secondary N) is 1. The maximum Gasteiger partial charge on any atom is 0.0686 e. The number of aromatic nitrogens is 4. The fourth-order valence-corrected chi connectivity index (χ4v) is 2.59. The number of fused-ring (bicyclic) bond motifs is 2. The van der Waals surface area contributed by atoms with Crippen LogP contribution in [0.5, 0.6) is 0 Å². The molecule has 2 aromatic carbocycles. The van der Waals surface area contributed by atoms with E-state index in [2.05, 4.69) is 58.6 Å². The molecule has 0 radical (unpaired) electrons. The van der Waals surface area contributed by atoms with Gasteiger partial charge < -0.3 is 0 Å². The molecule has 0 aliphatic heterocycles. The Bertz CT molecular complexity index is 901. The van der Waals surface area contributed by atoms with Gasteiger partial charge in [0.15, 0.2) is 0 Å². The second-order valence-corrected chi connectivity index (χ2v) is 5.16. The van der Waals surface area contributed by atoms with Gasteiger partial charge in [-0.3, -0.25) is 9.78 Å². The van der Waals surface area contributed by atoms with Gasteiger partial charge in [-0.25, -0.2) is 0 Å². The van der Waals surface area contributed by atoms with Crippen LogP contribution in [0.1, 0.15) is 11.1 Å². The van der Waals surface area contributed by atoms with Gasteiger partial charge in [0.1, 0.15) is 0 Å². The van der Waals surface area contributed by atoms with E-state index in [1.165, 1.54) is 22.0 Å². The number of aromatic amines is 1. The van der Waals surface area contributed by atoms with Crippen LogP contribution in [0, 0.1) is 6.92 Å². The average molecular weight is 262 g/mol. The topological polar surface area (TPSA) is 46.5 Å². The number of hydrogen-bond acceptors (Lipinski definition) is 2. The zero-order chi connectivity index (χ0) is 13.5. The van der Waals surface area contributed by atoms with Crippen LogP contribution in [0.15, 0.2) is 48.8 Å². The molecular weight excluding hydrogens is 248 g/mol. The van der Waals surface area contributed by atoms with Crippen molar-refractivity contribution in [3.8, 4) is 0 Å². The Labute approximate surface area is 116 Å². The van der Waals surface area contributed by atoms with E-state index in [1.807, 2.05) is 17.1 Å². The molecule has 0 saturated heterocycles. The molecule has 0 atom stereocenters. The summed E-state index contributed by atoms with van der Waals surface area (Å²) < 4.78 is 2.03. The lowest BCUT2D eigenvalue weighted by Crippen LogP contribution is -2.01. The minimum absolute atomic E-state index is 0.765. The highest BCUT2D eigenvalue weighted by Crippen LogP contribution is 2.18. The lowest BCUT2D eigenvalue weighted by Gasteiger charge is -2.04. The molecular formula is C16H14N4. The molecule has 0 saturated carbocycles. The molecule has 0 bridgehead atoms. The summed E-state index contributed by atoms with van der Waals surface area (Å²) in [7, 11) is 0. The number of H-pyrrole nitrogens is 1. The lowest BCUT2D eigenvalue weighted by atomic mass is 10.1. The molecule has 0 amide bonds. The summed E-state index contributed by atoms with van der Waals surface area (Å²) in [5, 5.41) is 13.9. The predicted molar refractivity (Wildman–Crippen MR) is 79.7 cm³/mol. The first kappa shape index (κ1) is 11.2. The zero-order valence-electron chi connectivity index (χ0n) is 11.2. The van der Waals surface area contributed by atoms with Crippen LogP contribution in [0.4, 0.5) is 0 Å². The molecule has 4 rings (SSSR count). The summed E-state index contributed by atoms with van der Waals surface area (Å²) in [6.07, 6.45) is 3.77. The maximum atomic E-state index is 4.49. The summed E-state index contributed by atoms with van der Waals surface area (Å²) in [4.78, 5) is 0. The predicted octanol–water partition coefficient (Wildman–Crippen LogP) is 3.27. The average Bonchev–Trinajstić information content (AvgIpc) is 3.05. The van der Waals surface area contributed by atoms with Gasteiger partial charge in [0, 0.05) is 10.8 Å². The van der Waals surface area contributed by atoms with Crippen molar-refractivity contribution in [2.75, 3.05) is 0 Å². The van der Waals surface area contributed by atoms with Crippen LogP contribution in [0.2, 0.25) is 0 Å². The quantitative estimate of drug-likeness (QED) is 0.602. The molecule has 4 aromatic rings. The van der Waals surface area contributed by atoms with Gasteiger partial charge in [0.25, 0.3) is 0 Å². The number of nitrogens with zero attached hydrogens (tertiary/aromatic N) is 3. The first-order valence-electron chi connectivity index (χ1n) is 6.64. The van der Waals surface area contributed by atoms with Crippen LogP contribution >= 0.6 is 0 Å². The fraction of sp³-hybridized carbons (Fsp3) is 0.125. The van der Waals surface area contributed by atoms with Crippen molar-refractivity contribution in [1.82, 2.24) is 20.0 Å². The molecule has 0 aliphatic rings. The molecule has 0 fully saturated rings. The molecule has 98 valence electrons. The molecule has 0 aliphatic carbocycles. The largest absolute Gasteiger partial charge is 0.278 e. The zero-order valence-corrected chi connectivity index (χ0v) is 11.2. The summed E-state index contributed by atoms with van der Waals surface area (Å²) in [6, 6.07) is 12.8. The van der Waals surface area contributed by atoms with Gasteiger partial charge in [-0.05, 0) is 30.7 Å². The van der Waals surface area contributed by atoms with Crippen molar-refractivity contribution >= 4 is 21.8 Å². The van der Waals surface area contributed by atoms with Crippen molar-refractivity contribution in [2.45, 2.75) is 13.5 Å². The Morgan fingerprint density at radius 3 is 2.95 bits per heavy atom. The van der Waals surface area contributed by atoms with Gasteiger partial charge >= 0.3 is 0 Å². The van der Waals surface area contributed by atoms with Crippen molar-refractivity contribution < 1.29 is 0 Å². The minimum atomic E-state index is 0.765. The number of aryl methyl sites for hydroxylation is 1. The second kappa shape index (κ2) is 4.20. The van der Waals surface area contributed by atoms with Crippen molar-refractivity contribution in [3.63, 3.8) is 0 Å². The molecule has 2 heterocycles. The van der Waals surface area contributed by atoms with Gasteiger partial charge in [-0.15, -0.1) is 0 Å². The summed E-state index contributed by atoms with van der Waals surface area (Å²) in [5.41, 5.74) is 4.71. The molecule has 2 aromatic heterocycles. The third-order valence-corrected chi connectivity index (χ3v) is 3.64. The van der Waals surface area contributed by atoms with E-state index in [1.54, 1.807) is 0 Å². The summed E-state index contributed by atoms with van der Waals surface area (Å²) in [5.74, 6) is 0. The molecule has 1 N–H and O–H groups in total. The van der Waals surface area contributed by atoms with Gasteiger partial charge in [-0.2, -0.15) is 10.2 Å². The number of benzene rings is 2. The lowest BCUT2D eigenvalue weighted by molar-refractivity contribution is 0.712. The van der Waals surface area contributed by atoms with Gasteiger partial charge in [0.2, 0.25) is 0 Å². The van der Waals surface area contributed by atoms with Gasteiger partial charge in [0.05, 0.1) is 30.0 Å². The van der Waals surface area contributed by atoms with Crippen molar-refractivity contribution in [3.05, 3.63) is 59.9 Å². The maximum absolute atomic E-state index is 4.49. The minimum Gasteiger partial charge on any atom is -0.278 e. The van der Waals surface area contributed by atoms with E-state index in [0.29, 0.717) is 0 Å². The van der Waals surface area contributed by atoms with E-state index >= 15 is 0 Å². The first-order valence-corrected chi connectivity index (χ1v) is 6.64. The van der Waals surface area contributed by atoms with E-state index in [0.717, 1.165) is 17.4 Å². The highest BCUT2D eigenvalue weighted by molar-refractivity contribution is 5.80. The Morgan fingerprint density at radius 1 is 1.05 bits per heavy atom. The highest BCUT2D eigenvalue weighted by atomic mass is 15.3. The fourth-order valence-electron chi connectivity index (χ4n) is 2.59. The van der Waals surface area contributed by atoms with Crippen LogP contribution in [-0.2, 0) is 6.54 Å². The number of hydrogen-bond donors (Lipinski definition) is 1. The van der Waals surface area contributed by atoms with Crippen LogP contribution in [0.3, 0.4) is 0 Å². The Morgan fingerprint density at radius 2 is 2.00 bits per heavy atom. The highest BCUT2D eigenvalue weighted by Gasteiger charge is 2.04. The van der Waals surface area contributed by atoms with Gasteiger partial charge in [-0.1, -0.05) is 23.8 Å². The van der Waals surface area contributed by atoms with Crippen molar-refractivity contribution in [1.29, 1.82) is 0 Å². The van der Waals surface area contributed by atoms with Crippen LogP contribution in [-0.4, -0.2) is 20.0 Å². The molecule has 0 unspecified atom stereocenters. The molecule has 0 spiro atoms. The van der Waals surface area contributed by atoms with Crippen LogP contribution in [0.25, 0.3) is 21.8 Å². The van der Waals surface area contributed by atoms with Crippen LogP contribution < -0.4 is 0 Å². The first-order chi connectivity index (χ1) is 9.79. The molecule has 20 heavy (non-hydrogen) atoms. The smallest absolute Gasteiger partial charge is 0.0686 e. The van der Waals surface area contributed by atoms with E-state index in [4.69, 9.17) is 0 Å². The second-order valence-electron chi connectivity index (χ2n) is 5.16. The Hall–Kier alpha value is -2.62. The number of rotatable bonds is 2. The normalized spacial score (nSPS) is 11.4.